The second kappa shape index (κ2) is 6.96. The van der Waals surface area contributed by atoms with Crippen LogP contribution < -0.4 is 0 Å². The highest BCUT2D eigenvalue weighted by Gasteiger charge is 2.16. The molecule has 1 aromatic heterocycles. The maximum absolute atomic E-state index is 13.2. The molecule has 26 heavy (non-hydrogen) atoms. The third-order valence-electron chi connectivity index (χ3n) is 4.62. The van der Waals surface area contributed by atoms with Gasteiger partial charge in [0.25, 0.3) is 0 Å². The summed E-state index contributed by atoms with van der Waals surface area (Å²) in [5, 5.41) is 0.926. The quantitative estimate of drug-likeness (QED) is 0.453. The lowest BCUT2D eigenvalue weighted by Gasteiger charge is -2.05. The van der Waals surface area contributed by atoms with E-state index in [1.807, 2.05) is 48.7 Å². The molecule has 3 aromatic carbocycles. The van der Waals surface area contributed by atoms with Crippen LogP contribution in [0.5, 0.6) is 0 Å². The first-order chi connectivity index (χ1) is 12.7. The SMILES string of the molecule is O=C(c1ccc(F)cc1)c1cn(CCc2ccccc2)c2ccccc12. The van der Waals surface area contributed by atoms with Gasteiger partial charge in [0, 0.05) is 34.8 Å². The molecule has 128 valence electrons. The maximum Gasteiger partial charge on any atom is 0.195 e. The van der Waals surface area contributed by atoms with Crippen LogP contribution >= 0.6 is 0 Å². The lowest BCUT2D eigenvalue weighted by Crippen LogP contribution is -2.02. The van der Waals surface area contributed by atoms with Gasteiger partial charge in [-0.2, -0.15) is 0 Å². The molecule has 0 unspecified atom stereocenters. The first-order valence-electron chi connectivity index (χ1n) is 8.64. The molecule has 0 radical (unpaired) electrons. The Kier molecular flexibility index (Phi) is 4.36. The van der Waals surface area contributed by atoms with Gasteiger partial charge in [0.05, 0.1) is 0 Å². The Balaban J connectivity index is 1.69. The minimum absolute atomic E-state index is 0.0836. The number of hydrogen-bond donors (Lipinski definition) is 0. The fraction of sp³-hybridized carbons (Fsp3) is 0.0870. The summed E-state index contributed by atoms with van der Waals surface area (Å²) in [6.45, 7) is 0.793. The van der Waals surface area contributed by atoms with Gasteiger partial charge < -0.3 is 4.57 Å². The van der Waals surface area contributed by atoms with Crippen molar-refractivity contribution in [1.29, 1.82) is 0 Å². The molecule has 0 fully saturated rings. The Labute approximate surface area is 151 Å². The van der Waals surface area contributed by atoms with Crippen LogP contribution in [0.2, 0.25) is 0 Å². The van der Waals surface area contributed by atoms with Gasteiger partial charge in [-0.1, -0.05) is 48.5 Å². The predicted octanol–water partition coefficient (Wildman–Crippen LogP) is 5.25. The molecule has 4 aromatic rings. The van der Waals surface area contributed by atoms with Crippen LogP contribution in [0.4, 0.5) is 4.39 Å². The van der Waals surface area contributed by atoms with Crippen LogP contribution in [0.1, 0.15) is 21.5 Å². The average molecular weight is 343 g/mol. The second-order valence-electron chi connectivity index (χ2n) is 6.32. The van der Waals surface area contributed by atoms with E-state index in [4.69, 9.17) is 0 Å². The van der Waals surface area contributed by atoms with E-state index < -0.39 is 0 Å². The molecule has 1 heterocycles. The summed E-state index contributed by atoms with van der Waals surface area (Å²) in [4.78, 5) is 12.9. The smallest absolute Gasteiger partial charge is 0.195 e. The summed E-state index contributed by atoms with van der Waals surface area (Å²) >= 11 is 0. The van der Waals surface area contributed by atoms with Crippen molar-refractivity contribution in [2.75, 3.05) is 0 Å². The van der Waals surface area contributed by atoms with E-state index in [1.165, 1.54) is 29.8 Å². The van der Waals surface area contributed by atoms with Crippen molar-refractivity contribution in [3.05, 3.63) is 108 Å². The normalized spacial score (nSPS) is 11.0. The Bertz CT molecular complexity index is 1050. The van der Waals surface area contributed by atoms with Gasteiger partial charge in [-0.25, -0.2) is 4.39 Å². The molecule has 0 aliphatic heterocycles. The number of aromatic nitrogens is 1. The molecule has 2 nitrogen and oxygen atoms in total. The Morgan fingerprint density at radius 2 is 1.54 bits per heavy atom. The fourth-order valence-electron chi connectivity index (χ4n) is 3.26. The van der Waals surface area contributed by atoms with Crippen molar-refractivity contribution in [2.45, 2.75) is 13.0 Å². The lowest BCUT2D eigenvalue weighted by atomic mass is 10.0. The summed E-state index contributed by atoms with van der Waals surface area (Å²) in [5.41, 5.74) is 3.45. The van der Waals surface area contributed by atoms with Gasteiger partial charge in [-0.3, -0.25) is 4.79 Å². The standard InChI is InChI=1S/C23H18FNO/c24-19-12-10-18(11-13-19)23(26)21-16-25(22-9-5-4-8-20(21)22)15-14-17-6-2-1-3-7-17/h1-13,16H,14-15H2. The van der Waals surface area contributed by atoms with E-state index >= 15 is 0 Å². The van der Waals surface area contributed by atoms with Crippen LogP contribution in [0.3, 0.4) is 0 Å². The highest BCUT2D eigenvalue weighted by atomic mass is 19.1. The van der Waals surface area contributed by atoms with Gasteiger partial charge in [-0.15, -0.1) is 0 Å². The highest BCUT2D eigenvalue weighted by molar-refractivity contribution is 6.16. The fourth-order valence-corrected chi connectivity index (χ4v) is 3.26. The minimum atomic E-state index is -0.341. The monoisotopic (exact) mass is 343 g/mol. The van der Waals surface area contributed by atoms with Crippen molar-refractivity contribution in [2.24, 2.45) is 0 Å². The number of aryl methyl sites for hydroxylation is 2. The summed E-state index contributed by atoms with van der Waals surface area (Å²) < 4.78 is 15.3. The number of benzene rings is 3. The highest BCUT2D eigenvalue weighted by Crippen LogP contribution is 2.24. The van der Waals surface area contributed by atoms with Gasteiger partial charge >= 0.3 is 0 Å². The van der Waals surface area contributed by atoms with E-state index in [-0.39, 0.29) is 11.6 Å². The van der Waals surface area contributed by atoms with Crippen molar-refractivity contribution in [1.82, 2.24) is 4.57 Å². The van der Waals surface area contributed by atoms with E-state index in [0.717, 1.165) is 23.9 Å². The number of hydrogen-bond acceptors (Lipinski definition) is 1. The Morgan fingerprint density at radius 3 is 2.31 bits per heavy atom. The number of carbonyl (C=O) groups excluding carboxylic acids is 1. The zero-order chi connectivity index (χ0) is 17.9. The average Bonchev–Trinajstić information content (AvgIpc) is 3.06. The lowest BCUT2D eigenvalue weighted by molar-refractivity contribution is 0.104. The van der Waals surface area contributed by atoms with Crippen molar-refractivity contribution < 1.29 is 9.18 Å². The molecule has 0 spiro atoms. The molecule has 0 saturated carbocycles. The Hall–Kier alpha value is -3.20. The molecule has 0 aliphatic carbocycles. The first kappa shape index (κ1) is 16.3. The van der Waals surface area contributed by atoms with Crippen LogP contribution in [-0.4, -0.2) is 10.4 Å². The molecule has 3 heteroatoms. The van der Waals surface area contributed by atoms with Crippen LogP contribution in [0, 0.1) is 5.82 Å². The first-order valence-corrected chi connectivity index (χ1v) is 8.64. The summed E-state index contributed by atoms with van der Waals surface area (Å²) in [6, 6.07) is 23.9. The van der Waals surface area contributed by atoms with Crippen molar-refractivity contribution in [3.63, 3.8) is 0 Å². The number of ketones is 1. The molecule has 0 bridgehead atoms. The van der Waals surface area contributed by atoms with Crippen molar-refractivity contribution in [3.8, 4) is 0 Å². The Morgan fingerprint density at radius 1 is 0.846 bits per heavy atom. The molecule has 0 N–H and O–H groups in total. The molecular formula is C23H18FNO. The number of halogens is 1. The maximum atomic E-state index is 13.2. The van der Waals surface area contributed by atoms with Crippen LogP contribution in [0.15, 0.2) is 85.1 Å². The van der Waals surface area contributed by atoms with Gasteiger partial charge in [0.1, 0.15) is 5.82 Å². The zero-order valence-corrected chi connectivity index (χ0v) is 14.2. The van der Waals surface area contributed by atoms with Gasteiger partial charge in [-0.05, 0) is 42.3 Å². The van der Waals surface area contributed by atoms with Crippen LogP contribution in [-0.2, 0) is 13.0 Å². The summed E-state index contributed by atoms with van der Waals surface area (Å²) in [7, 11) is 0. The van der Waals surface area contributed by atoms with Crippen molar-refractivity contribution >= 4 is 16.7 Å². The topological polar surface area (TPSA) is 22.0 Å². The molecular weight excluding hydrogens is 325 g/mol. The third-order valence-corrected chi connectivity index (χ3v) is 4.62. The molecule has 4 rings (SSSR count). The zero-order valence-electron chi connectivity index (χ0n) is 14.2. The van der Waals surface area contributed by atoms with E-state index in [2.05, 4.69) is 16.7 Å². The number of carbonyl (C=O) groups is 1. The van der Waals surface area contributed by atoms with Gasteiger partial charge in [0.2, 0.25) is 0 Å². The molecule has 0 saturated heterocycles. The summed E-state index contributed by atoms with van der Waals surface area (Å²) in [5.74, 6) is -0.425. The van der Waals surface area contributed by atoms with Gasteiger partial charge in [0.15, 0.2) is 5.78 Å². The number of rotatable bonds is 5. The molecule has 0 aliphatic rings. The summed E-state index contributed by atoms with van der Waals surface area (Å²) in [6.07, 6.45) is 2.81. The number of para-hydroxylation sites is 1. The minimum Gasteiger partial charge on any atom is -0.346 e. The van der Waals surface area contributed by atoms with E-state index in [1.54, 1.807) is 0 Å². The van der Waals surface area contributed by atoms with Crippen LogP contribution in [0.25, 0.3) is 10.9 Å². The molecule has 0 amide bonds. The largest absolute Gasteiger partial charge is 0.346 e. The van der Waals surface area contributed by atoms with E-state index in [0.29, 0.717) is 11.1 Å². The third kappa shape index (κ3) is 3.16. The second-order valence-corrected chi connectivity index (χ2v) is 6.32. The van der Waals surface area contributed by atoms with E-state index in [9.17, 15) is 9.18 Å². The number of nitrogens with zero attached hydrogens (tertiary/aromatic N) is 1. The number of fused-ring (bicyclic) bond motifs is 1. The molecule has 0 atom stereocenters. The predicted molar refractivity (Wildman–Crippen MR) is 102 cm³/mol.